The molecule has 3 nitrogen and oxygen atoms in total. The Morgan fingerprint density at radius 1 is 1.11 bits per heavy atom. The van der Waals surface area contributed by atoms with Crippen LogP contribution in [0, 0.1) is 0 Å². The second-order valence-electron chi connectivity index (χ2n) is 5.30. The number of rotatable bonds is 4. The third-order valence-electron chi connectivity index (χ3n) is 3.64. The van der Waals surface area contributed by atoms with Crippen LogP contribution in [0.15, 0.2) is 21.1 Å². The number of hydrogen-bond acceptors (Lipinski definition) is 3. The fourth-order valence-corrected chi connectivity index (χ4v) is 3.83. The summed E-state index contributed by atoms with van der Waals surface area (Å²) in [7, 11) is 0. The number of halogens is 2. The Morgan fingerprint density at radius 3 is 2.26 bits per heavy atom. The highest BCUT2D eigenvalue weighted by Gasteiger charge is 2.28. The molecule has 1 aliphatic carbocycles. The summed E-state index contributed by atoms with van der Waals surface area (Å²) in [6, 6.07) is 3.77. The van der Waals surface area contributed by atoms with Gasteiger partial charge in [0.25, 0.3) is 0 Å². The van der Waals surface area contributed by atoms with Crippen LogP contribution < -0.4 is 5.32 Å². The minimum Gasteiger partial charge on any atom is -0.506 e. The molecule has 0 atom stereocenters. The van der Waals surface area contributed by atoms with Crippen molar-refractivity contribution in [1.29, 1.82) is 0 Å². The van der Waals surface area contributed by atoms with Gasteiger partial charge in [-0.25, -0.2) is 0 Å². The molecule has 0 aromatic heterocycles. The molecule has 0 heterocycles. The van der Waals surface area contributed by atoms with E-state index in [4.69, 9.17) is 0 Å². The summed E-state index contributed by atoms with van der Waals surface area (Å²) in [5.74, 6) is 0.217. The van der Waals surface area contributed by atoms with Crippen LogP contribution in [0.25, 0.3) is 0 Å². The zero-order valence-electron chi connectivity index (χ0n) is 10.8. The SMILES string of the molecule is Oc1c(Br)cc(CNCC2(O)CCCCC2)cc1Br. The lowest BCUT2D eigenvalue weighted by molar-refractivity contribution is 0.00467. The standard InChI is InChI=1S/C14H19Br2NO2/c15-11-6-10(7-12(16)13(11)18)8-17-9-14(19)4-2-1-3-5-14/h6-7,17-19H,1-5,8-9H2. The molecule has 0 radical (unpaired) electrons. The molecule has 1 fully saturated rings. The minimum atomic E-state index is -0.538. The molecule has 0 saturated heterocycles. The van der Waals surface area contributed by atoms with Crippen molar-refractivity contribution in [2.45, 2.75) is 44.2 Å². The van der Waals surface area contributed by atoms with E-state index in [-0.39, 0.29) is 5.75 Å². The lowest BCUT2D eigenvalue weighted by Crippen LogP contribution is -2.41. The van der Waals surface area contributed by atoms with Gasteiger partial charge in [0.1, 0.15) is 5.75 Å². The number of nitrogens with one attached hydrogen (secondary N) is 1. The van der Waals surface area contributed by atoms with E-state index in [0.717, 1.165) is 31.2 Å². The van der Waals surface area contributed by atoms with Crippen molar-refractivity contribution in [1.82, 2.24) is 5.32 Å². The zero-order chi connectivity index (χ0) is 13.9. The molecule has 5 heteroatoms. The highest BCUT2D eigenvalue weighted by Crippen LogP contribution is 2.33. The summed E-state index contributed by atoms with van der Waals surface area (Å²) >= 11 is 6.64. The third-order valence-corrected chi connectivity index (χ3v) is 4.85. The molecule has 0 unspecified atom stereocenters. The molecule has 3 N–H and O–H groups in total. The second kappa shape index (κ2) is 6.57. The largest absolute Gasteiger partial charge is 0.506 e. The first-order chi connectivity index (χ1) is 9.00. The number of phenols is 1. The molecular weight excluding hydrogens is 374 g/mol. The fourth-order valence-electron chi connectivity index (χ4n) is 2.55. The Hall–Kier alpha value is -0.100. The maximum Gasteiger partial charge on any atom is 0.143 e. The van der Waals surface area contributed by atoms with E-state index in [0.29, 0.717) is 22.0 Å². The van der Waals surface area contributed by atoms with Gasteiger partial charge in [0.05, 0.1) is 14.5 Å². The van der Waals surface area contributed by atoms with Crippen molar-refractivity contribution in [3.05, 3.63) is 26.6 Å². The van der Waals surface area contributed by atoms with Crippen LogP contribution in [0.5, 0.6) is 5.75 Å². The molecule has 0 spiro atoms. The van der Waals surface area contributed by atoms with Gasteiger partial charge < -0.3 is 15.5 Å². The second-order valence-corrected chi connectivity index (χ2v) is 7.01. The number of hydrogen-bond donors (Lipinski definition) is 3. The Morgan fingerprint density at radius 2 is 1.68 bits per heavy atom. The molecular formula is C14H19Br2NO2. The third kappa shape index (κ3) is 4.18. The van der Waals surface area contributed by atoms with Gasteiger partial charge in [0.15, 0.2) is 0 Å². The first kappa shape index (κ1) is 15.3. The van der Waals surface area contributed by atoms with Gasteiger partial charge in [0, 0.05) is 13.1 Å². The van der Waals surface area contributed by atoms with E-state index in [2.05, 4.69) is 37.2 Å². The highest BCUT2D eigenvalue weighted by atomic mass is 79.9. The Kier molecular flexibility index (Phi) is 5.29. The van der Waals surface area contributed by atoms with Crippen LogP contribution in [0.2, 0.25) is 0 Å². The first-order valence-corrected chi connectivity index (χ1v) is 8.19. The summed E-state index contributed by atoms with van der Waals surface area (Å²) in [6.45, 7) is 1.31. The minimum absolute atomic E-state index is 0.217. The van der Waals surface area contributed by atoms with E-state index in [1.165, 1.54) is 6.42 Å². The van der Waals surface area contributed by atoms with Gasteiger partial charge in [0.2, 0.25) is 0 Å². The summed E-state index contributed by atoms with van der Waals surface area (Å²) in [5.41, 5.74) is 0.528. The van der Waals surface area contributed by atoms with Crippen molar-refractivity contribution >= 4 is 31.9 Å². The van der Waals surface area contributed by atoms with Gasteiger partial charge in [-0.3, -0.25) is 0 Å². The van der Waals surface area contributed by atoms with E-state index in [1.807, 2.05) is 12.1 Å². The molecule has 1 aromatic carbocycles. The Balaban J connectivity index is 1.89. The molecule has 19 heavy (non-hydrogen) atoms. The van der Waals surface area contributed by atoms with Crippen LogP contribution in [0.4, 0.5) is 0 Å². The summed E-state index contributed by atoms with van der Waals surface area (Å²) in [6.07, 6.45) is 5.26. The maximum absolute atomic E-state index is 10.4. The van der Waals surface area contributed by atoms with E-state index >= 15 is 0 Å². The smallest absolute Gasteiger partial charge is 0.143 e. The Labute approximate surface area is 130 Å². The number of benzene rings is 1. The molecule has 1 aliphatic rings. The molecule has 0 bridgehead atoms. The molecule has 106 valence electrons. The van der Waals surface area contributed by atoms with Gasteiger partial charge in [-0.05, 0) is 62.4 Å². The summed E-state index contributed by atoms with van der Waals surface area (Å²) in [5, 5.41) is 23.3. The number of aromatic hydroxyl groups is 1. The predicted octanol–water partition coefficient (Wildman–Crippen LogP) is 3.70. The van der Waals surface area contributed by atoms with Crippen molar-refractivity contribution in [3.63, 3.8) is 0 Å². The van der Waals surface area contributed by atoms with Crippen molar-refractivity contribution in [2.75, 3.05) is 6.54 Å². The zero-order valence-corrected chi connectivity index (χ0v) is 13.9. The van der Waals surface area contributed by atoms with Gasteiger partial charge in [-0.1, -0.05) is 19.3 Å². The fraction of sp³-hybridized carbons (Fsp3) is 0.571. The molecule has 2 rings (SSSR count). The van der Waals surface area contributed by atoms with E-state index in [1.54, 1.807) is 0 Å². The topological polar surface area (TPSA) is 52.5 Å². The number of aliphatic hydroxyl groups is 1. The average molecular weight is 393 g/mol. The van der Waals surface area contributed by atoms with Crippen LogP contribution in [0.3, 0.4) is 0 Å². The lowest BCUT2D eigenvalue weighted by atomic mass is 9.85. The van der Waals surface area contributed by atoms with Gasteiger partial charge in [-0.15, -0.1) is 0 Å². The first-order valence-electron chi connectivity index (χ1n) is 6.60. The van der Waals surface area contributed by atoms with Crippen molar-refractivity contribution in [2.24, 2.45) is 0 Å². The monoisotopic (exact) mass is 391 g/mol. The van der Waals surface area contributed by atoms with E-state index in [9.17, 15) is 10.2 Å². The van der Waals surface area contributed by atoms with Crippen LogP contribution in [0.1, 0.15) is 37.7 Å². The highest BCUT2D eigenvalue weighted by molar-refractivity contribution is 9.11. The predicted molar refractivity (Wildman–Crippen MR) is 83.2 cm³/mol. The molecule has 0 amide bonds. The Bertz CT molecular complexity index is 422. The van der Waals surface area contributed by atoms with Crippen molar-refractivity contribution in [3.8, 4) is 5.75 Å². The van der Waals surface area contributed by atoms with Crippen LogP contribution in [-0.4, -0.2) is 22.4 Å². The van der Waals surface area contributed by atoms with Crippen molar-refractivity contribution < 1.29 is 10.2 Å². The maximum atomic E-state index is 10.4. The molecule has 1 saturated carbocycles. The summed E-state index contributed by atoms with van der Waals surface area (Å²) < 4.78 is 1.35. The van der Waals surface area contributed by atoms with Gasteiger partial charge in [-0.2, -0.15) is 0 Å². The average Bonchev–Trinajstić information content (AvgIpc) is 2.36. The van der Waals surface area contributed by atoms with Gasteiger partial charge >= 0.3 is 0 Å². The quantitative estimate of drug-likeness (QED) is 0.732. The van der Waals surface area contributed by atoms with Crippen LogP contribution >= 0.6 is 31.9 Å². The lowest BCUT2D eigenvalue weighted by Gasteiger charge is -2.32. The molecule has 1 aromatic rings. The summed E-state index contributed by atoms with van der Waals surface area (Å²) in [4.78, 5) is 0. The molecule has 0 aliphatic heterocycles. The van der Waals surface area contributed by atoms with E-state index < -0.39 is 5.60 Å². The van der Waals surface area contributed by atoms with Crippen LogP contribution in [-0.2, 0) is 6.54 Å². The number of phenolic OH excluding ortho intramolecular Hbond substituents is 1. The normalized spacial score (nSPS) is 18.5.